The molecule has 0 unspecified atom stereocenters. The van der Waals surface area contributed by atoms with Crippen LogP contribution in [-0.4, -0.2) is 18.9 Å². The molecule has 1 aliphatic carbocycles. The summed E-state index contributed by atoms with van der Waals surface area (Å²) in [5.74, 6) is 1.59. The normalized spacial score (nSPS) is 16.2. The number of hydrogen-bond donors (Lipinski definition) is 2. The second-order valence-electron chi connectivity index (χ2n) is 4.43. The lowest BCUT2D eigenvalue weighted by Gasteiger charge is -2.15. The summed E-state index contributed by atoms with van der Waals surface area (Å²) in [6.07, 6.45) is 2.38. The lowest BCUT2D eigenvalue weighted by Crippen LogP contribution is -2.99. The minimum Gasteiger partial charge on any atom is -0.595 e. The van der Waals surface area contributed by atoms with Crippen LogP contribution in [0.1, 0.15) is 18.4 Å². The highest BCUT2D eigenvalue weighted by atomic mass is 16.8. The Balaban J connectivity index is 2.20. The average molecular weight is 251 g/mol. The van der Waals surface area contributed by atoms with Crippen LogP contribution in [0.15, 0.2) is 24.8 Å². The van der Waals surface area contributed by atoms with E-state index in [9.17, 15) is 5.21 Å². The Kier molecular flexibility index (Phi) is 3.86. The molecule has 1 fully saturated rings. The number of nitrogens with one attached hydrogen (secondary N) is 1. The van der Waals surface area contributed by atoms with Gasteiger partial charge in [-0.1, -0.05) is 6.58 Å². The van der Waals surface area contributed by atoms with Gasteiger partial charge >= 0.3 is 0 Å². The second-order valence-corrected chi connectivity index (χ2v) is 4.43. The standard InChI is InChI=1S/C13H17NO4/c1-9(17-2)11-5-12(14(15)16)7-13(6-11)18-8-10-3-4-10/h5-7,10,14-15H,1,3-4,8H2,2H3. The zero-order valence-electron chi connectivity index (χ0n) is 10.3. The Bertz CT molecular complexity index is 441. The Morgan fingerprint density at radius 2 is 2.22 bits per heavy atom. The first-order valence-corrected chi connectivity index (χ1v) is 5.84. The SMILES string of the molecule is C=C(OC)c1cc(OCC2CC2)cc([N@H+]([O-])O)c1. The Labute approximate surface area is 106 Å². The minimum absolute atomic E-state index is 0.177. The van der Waals surface area contributed by atoms with Crippen LogP contribution in [0, 0.1) is 11.1 Å². The number of quaternary nitrogens is 1. The van der Waals surface area contributed by atoms with Crippen molar-refractivity contribution in [2.75, 3.05) is 13.7 Å². The van der Waals surface area contributed by atoms with E-state index < -0.39 is 5.23 Å². The molecular weight excluding hydrogens is 234 g/mol. The molecule has 0 radical (unpaired) electrons. The van der Waals surface area contributed by atoms with E-state index in [1.165, 1.54) is 32.1 Å². The fourth-order valence-electron chi connectivity index (χ4n) is 1.58. The van der Waals surface area contributed by atoms with E-state index in [0.29, 0.717) is 29.6 Å². The van der Waals surface area contributed by atoms with Crippen molar-refractivity contribution in [2.45, 2.75) is 12.8 Å². The van der Waals surface area contributed by atoms with Crippen molar-refractivity contribution in [3.8, 4) is 5.75 Å². The summed E-state index contributed by atoms with van der Waals surface area (Å²) >= 11 is 0. The molecule has 1 aromatic rings. The van der Waals surface area contributed by atoms with Crippen LogP contribution in [0.5, 0.6) is 5.75 Å². The van der Waals surface area contributed by atoms with Gasteiger partial charge in [-0.05, 0) is 24.8 Å². The predicted octanol–water partition coefficient (Wildman–Crippen LogP) is 1.50. The molecule has 0 bridgehead atoms. The molecule has 98 valence electrons. The highest BCUT2D eigenvalue weighted by Gasteiger charge is 2.22. The molecule has 0 aromatic heterocycles. The minimum atomic E-state index is -0.989. The van der Waals surface area contributed by atoms with Gasteiger partial charge in [0.25, 0.3) is 0 Å². The molecule has 1 saturated carbocycles. The van der Waals surface area contributed by atoms with Crippen LogP contribution in [0.25, 0.3) is 5.76 Å². The first kappa shape index (κ1) is 12.9. The molecule has 18 heavy (non-hydrogen) atoms. The molecule has 1 aliphatic rings. The molecule has 1 atom stereocenters. The predicted molar refractivity (Wildman–Crippen MR) is 66.5 cm³/mol. The summed E-state index contributed by atoms with van der Waals surface area (Å²) in [4.78, 5) is 0. The number of benzene rings is 1. The number of rotatable bonds is 6. The van der Waals surface area contributed by atoms with Gasteiger partial charge in [0.15, 0.2) is 5.69 Å². The van der Waals surface area contributed by atoms with Gasteiger partial charge in [0, 0.05) is 17.7 Å². The van der Waals surface area contributed by atoms with Gasteiger partial charge in [-0.25, -0.2) is 5.21 Å². The summed E-state index contributed by atoms with van der Waals surface area (Å²) in [7, 11) is 1.50. The van der Waals surface area contributed by atoms with Gasteiger partial charge in [0.2, 0.25) is 0 Å². The smallest absolute Gasteiger partial charge is 0.168 e. The summed E-state index contributed by atoms with van der Waals surface area (Å²) in [5, 5.41) is 19.1. The van der Waals surface area contributed by atoms with Crippen LogP contribution in [0.3, 0.4) is 0 Å². The van der Waals surface area contributed by atoms with E-state index in [0.717, 1.165) is 0 Å². The van der Waals surface area contributed by atoms with Crippen LogP contribution in [-0.2, 0) is 4.74 Å². The van der Waals surface area contributed by atoms with E-state index >= 15 is 0 Å². The van der Waals surface area contributed by atoms with Crippen molar-refractivity contribution < 1.29 is 19.9 Å². The van der Waals surface area contributed by atoms with Gasteiger partial charge < -0.3 is 14.7 Å². The number of methoxy groups -OCH3 is 1. The third-order valence-corrected chi connectivity index (χ3v) is 2.90. The van der Waals surface area contributed by atoms with Crippen LogP contribution in [0.4, 0.5) is 5.69 Å². The lowest BCUT2D eigenvalue weighted by molar-refractivity contribution is -0.991. The first-order chi connectivity index (χ1) is 8.60. The summed E-state index contributed by atoms with van der Waals surface area (Å²) in [6.45, 7) is 4.36. The van der Waals surface area contributed by atoms with E-state index in [-0.39, 0.29) is 5.69 Å². The quantitative estimate of drug-likeness (QED) is 0.594. The monoisotopic (exact) mass is 251 g/mol. The third-order valence-electron chi connectivity index (χ3n) is 2.90. The van der Waals surface area contributed by atoms with Crippen LogP contribution in [0.2, 0.25) is 0 Å². The zero-order valence-corrected chi connectivity index (χ0v) is 10.3. The molecule has 5 heteroatoms. The first-order valence-electron chi connectivity index (χ1n) is 5.84. The van der Waals surface area contributed by atoms with Crippen molar-refractivity contribution in [2.24, 2.45) is 5.92 Å². The summed E-state index contributed by atoms with van der Waals surface area (Å²) in [5.41, 5.74) is 0.805. The molecule has 2 rings (SSSR count). The van der Waals surface area contributed by atoms with Crippen molar-refractivity contribution >= 4 is 11.4 Å². The highest BCUT2D eigenvalue weighted by molar-refractivity contribution is 5.62. The molecule has 0 amide bonds. The summed E-state index contributed by atoms with van der Waals surface area (Å²) in [6, 6.07) is 4.80. The lowest BCUT2D eigenvalue weighted by atomic mass is 10.1. The van der Waals surface area contributed by atoms with Crippen LogP contribution >= 0.6 is 0 Å². The maximum atomic E-state index is 11.0. The number of ether oxygens (including phenoxy) is 2. The fraction of sp³-hybridized carbons (Fsp3) is 0.385. The maximum absolute atomic E-state index is 11.0. The van der Waals surface area contributed by atoms with Gasteiger partial charge in [-0.2, -0.15) is 5.23 Å². The third kappa shape index (κ3) is 3.22. The maximum Gasteiger partial charge on any atom is 0.168 e. The Hall–Kier alpha value is -1.56. The molecule has 0 saturated heterocycles. The molecule has 0 heterocycles. The van der Waals surface area contributed by atoms with Crippen molar-refractivity contribution in [3.63, 3.8) is 0 Å². The molecule has 2 N–H and O–H groups in total. The van der Waals surface area contributed by atoms with Crippen molar-refractivity contribution in [1.82, 2.24) is 0 Å². The van der Waals surface area contributed by atoms with Crippen molar-refractivity contribution in [3.05, 3.63) is 35.5 Å². The molecular formula is C13H17NO4. The Morgan fingerprint density at radius 3 is 2.78 bits per heavy atom. The molecule has 1 aromatic carbocycles. The molecule has 5 nitrogen and oxygen atoms in total. The molecule has 0 aliphatic heterocycles. The van der Waals surface area contributed by atoms with E-state index in [1.807, 2.05) is 0 Å². The van der Waals surface area contributed by atoms with Gasteiger partial charge in [-0.3, -0.25) is 0 Å². The van der Waals surface area contributed by atoms with E-state index in [2.05, 4.69) is 6.58 Å². The Morgan fingerprint density at radius 1 is 1.50 bits per heavy atom. The fourth-order valence-corrected chi connectivity index (χ4v) is 1.58. The van der Waals surface area contributed by atoms with Crippen LogP contribution < -0.4 is 9.96 Å². The zero-order chi connectivity index (χ0) is 13.1. The van der Waals surface area contributed by atoms with E-state index in [4.69, 9.17) is 14.7 Å². The van der Waals surface area contributed by atoms with Gasteiger partial charge in [0.1, 0.15) is 11.5 Å². The summed E-state index contributed by atoms with van der Waals surface area (Å²) < 4.78 is 10.6. The van der Waals surface area contributed by atoms with E-state index in [1.54, 1.807) is 6.07 Å². The highest BCUT2D eigenvalue weighted by Crippen LogP contribution is 2.30. The molecule has 0 spiro atoms. The average Bonchev–Trinajstić information content (AvgIpc) is 3.19. The number of hydrogen-bond acceptors (Lipinski definition) is 4. The van der Waals surface area contributed by atoms with Gasteiger partial charge in [0.05, 0.1) is 13.7 Å². The van der Waals surface area contributed by atoms with Crippen molar-refractivity contribution in [1.29, 1.82) is 0 Å². The van der Waals surface area contributed by atoms with Gasteiger partial charge in [-0.15, -0.1) is 0 Å². The second kappa shape index (κ2) is 5.39. The largest absolute Gasteiger partial charge is 0.595 e. The topological polar surface area (TPSA) is 66.2 Å².